The van der Waals surface area contributed by atoms with Gasteiger partial charge in [0.05, 0.1) is 0 Å². The van der Waals surface area contributed by atoms with Crippen LogP contribution in [0.15, 0.2) is 54.6 Å². The van der Waals surface area contributed by atoms with Crippen LogP contribution >= 0.6 is 0 Å². The number of carboxylic acids is 1. The fraction of sp³-hybridized carbons (Fsp3) is 0.176. The summed E-state index contributed by atoms with van der Waals surface area (Å²) in [5, 5.41) is 9.44. The molecule has 1 aliphatic heterocycles. The molecule has 106 valence electrons. The summed E-state index contributed by atoms with van der Waals surface area (Å²) in [5.74, 6) is -1.20. The van der Waals surface area contributed by atoms with E-state index in [-0.39, 0.29) is 5.91 Å². The number of benzene rings is 2. The van der Waals surface area contributed by atoms with Crippen molar-refractivity contribution in [1.82, 2.24) is 4.90 Å². The van der Waals surface area contributed by atoms with Gasteiger partial charge in [0.15, 0.2) is 0 Å². The molecular weight excluding hydrogens is 266 g/mol. The minimum atomic E-state index is -0.964. The van der Waals surface area contributed by atoms with Gasteiger partial charge in [0.25, 0.3) is 5.91 Å². The predicted molar refractivity (Wildman–Crippen MR) is 77.9 cm³/mol. The molecule has 1 N–H and O–H groups in total. The molecule has 0 aliphatic carbocycles. The summed E-state index contributed by atoms with van der Waals surface area (Å²) in [6, 6.07) is 15.7. The second-order valence-corrected chi connectivity index (χ2v) is 5.13. The van der Waals surface area contributed by atoms with E-state index in [1.54, 1.807) is 24.3 Å². The first-order chi connectivity index (χ1) is 10.2. The lowest BCUT2D eigenvalue weighted by atomic mass is 9.93. The lowest BCUT2D eigenvalue weighted by molar-refractivity contribution is -0.142. The van der Waals surface area contributed by atoms with Crippen molar-refractivity contribution in [2.24, 2.45) is 0 Å². The number of hydrogen-bond acceptors (Lipinski definition) is 2. The molecule has 21 heavy (non-hydrogen) atoms. The zero-order valence-electron chi connectivity index (χ0n) is 11.4. The van der Waals surface area contributed by atoms with Crippen molar-refractivity contribution in [3.05, 3.63) is 71.3 Å². The number of nitrogens with zero attached hydrogens (tertiary/aromatic N) is 1. The molecule has 0 fully saturated rings. The first kappa shape index (κ1) is 13.4. The van der Waals surface area contributed by atoms with Crippen LogP contribution in [0.3, 0.4) is 0 Å². The normalized spacial score (nSPS) is 17.1. The molecule has 1 atom stereocenters. The summed E-state index contributed by atoms with van der Waals surface area (Å²) in [7, 11) is 0. The van der Waals surface area contributed by atoms with Crippen LogP contribution in [0.4, 0.5) is 0 Å². The van der Waals surface area contributed by atoms with E-state index in [9.17, 15) is 14.7 Å². The molecule has 1 heterocycles. The highest BCUT2D eigenvalue weighted by Crippen LogP contribution is 2.25. The molecule has 2 aromatic rings. The van der Waals surface area contributed by atoms with E-state index in [0.717, 1.165) is 11.1 Å². The van der Waals surface area contributed by atoms with Gasteiger partial charge in [-0.25, -0.2) is 4.79 Å². The summed E-state index contributed by atoms with van der Waals surface area (Å²) in [6.45, 7) is 0.334. The van der Waals surface area contributed by atoms with Gasteiger partial charge < -0.3 is 10.0 Å². The molecule has 4 heteroatoms. The van der Waals surface area contributed by atoms with Gasteiger partial charge in [0, 0.05) is 18.5 Å². The van der Waals surface area contributed by atoms with Crippen molar-refractivity contribution in [2.45, 2.75) is 19.0 Å². The van der Waals surface area contributed by atoms with Crippen molar-refractivity contribution in [3.8, 4) is 0 Å². The lowest BCUT2D eigenvalue weighted by Gasteiger charge is -2.34. The van der Waals surface area contributed by atoms with Gasteiger partial charge in [-0.1, -0.05) is 42.5 Å². The van der Waals surface area contributed by atoms with E-state index in [1.165, 1.54) is 4.90 Å². The van der Waals surface area contributed by atoms with E-state index in [2.05, 4.69) is 0 Å². The summed E-state index contributed by atoms with van der Waals surface area (Å²) in [4.78, 5) is 25.5. The maximum absolute atomic E-state index is 12.6. The second kappa shape index (κ2) is 5.40. The summed E-state index contributed by atoms with van der Waals surface area (Å²) >= 11 is 0. The lowest BCUT2D eigenvalue weighted by Crippen LogP contribution is -2.48. The Kier molecular flexibility index (Phi) is 3.44. The number of aliphatic carboxylic acids is 1. The van der Waals surface area contributed by atoms with Crippen LogP contribution in [0, 0.1) is 0 Å². The van der Waals surface area contributed by atoms with E-state index in [0.29, 0.717) is 18.5 Å². The van der Waals surface area contributed by atoms with Crippen LogP contribution in [-0.4, -0.2) is 27.9 Å². The highest BCUT2D eigenvalue weighted by atomic mass is 16.4. The van der Waals surface area contributed by atoms with Crippen LogP contribution in [0.2, 0.25) is 0 Å². The number of carboxylic acid groups (broad SMARTS) is 1. The third-order valence-corrected chi connectivity index (χ3v) is 3.82. The predicted octanol–water partition coefficient (Wildman–Crippen LogP) is 2.34. The Bertz CT molecular complexity index is 681. The maximum Gasteiger partial charge on any atom is 0.326 e. The molecule has 3 rings (SSSR count). The fourth-order valence-corrected chi connectivity index (χ4v) is 2.70. The topological polar surface area (TPSA) is 57.6 Å². The molecule has 0 aromatic heterocycles. The quantitative estimate of drug-likeness (QED) is 0.919. The molecule has 0 spiro atoms. The number of hydrogen-bond donors (Lipinski definition) is 1. The summed E-state index contributed by atoms with van der Waals surface area (Å²) < 4.78 is 0. The molecule has 4 nitrogen and oxygen atoms in total. The third-order valence-electron chi connectivity index (χ3n) is 3.82. The number of carbonyl (C=O) groups excluding carboxylic acids is 1. The largest absolute Gasteiger partial charge is 0.480 e. The Morgan fingerprint density at radius 2 is 1.57 bits per heavy atom. The van der Waals surface area contributed by atoms with Crippen molar-refractivity contribution in [3.63, 3.8) is 0 Å². The van der Waals surface area contributed by atoms with Crippen LogP contribution in [-0.2, 0) is 17.8 Å². The summed E-state index contributed by atoms with van der Waals surface area (Å²) in [6.07, 6.45) is 0.351. The third kappa shape index (κ3) is 2.52. The Labute approximate surface area is 122 Å². The van der Waals surface area contributed by atoms with Crippen LogP contribution in [0.25, 0.3) is 0 Å². The van der Waals surface area contributed by atoms with E-state index >= 15 is 0 Å². The first-order valence-electron chi connectivity index (χ1n) is 6.82. The van der Waals surface area contributed by atoms with Crippen molar-refractivity contribution in [2.75, 3.05) is 0 Å². The van der Waals surface area contributed by atoms with Crippen molar-refractivity contribution in [1.29, 1.82) is 0 Å². The molecule has 0 unspecified atom stereocenters. The molecular formula is C17H15NO3. The molecule has 1 aliphatic rings. The number of rotatable bonds is 2. The summed E-state index contributed by atoms with van der Waals surface area (Å²) in [5.41, 5.74) is 2.53. The molecule has 0 bridgehead atoms. The van der Waals surface area contributed by atoms with E-state index < -0.39 is 12.0 Å². The zero-order valence-corrected chi connectivity index (χ0v) is 11.4. The number of carbonyl (C=O) groups is 2. The molecule has 1 amide bonds. The first-order valence-corrected chi connectivity index (χ1v) is 6.82. The Balaban J connectivity index is 1.96. The standard InChI is InChI=1S/C17H15NO3/c19-16(12-6-2-1-3-7-12)18-11-14-9-5-4-8-13(14)10-15(18)17(20)21/h1-9,15H,10-11H2,(H,20,21)/t15-/m1/s1. The molecule has 0 saturated heterocycles. The minimum absolute atomic E-state index is 0.238. The van der Waals surface area contributed by atoms with Crippen LogP contribution in [0.5, 0.6) is 0 Å². The molecule has 0 radical (unpaired) electrons. The van der Waals surface area contributed by atoms with Gasteiger partial charge in [0.1, 0.15) is 6.04 Å². The molecule has 0 saturated carbocycles. The highest BCUT2D eigenvalue weighted by molar-refractivity contribution is 5.96. The zero-order chi connectivity index (χ0) is 14.8. The molecule has 2 aromatic carbocycles. The minimum Gasteiger partial charge on any atom is -0.480 e. The second-order valence-electron chi connectivity index (χ2n) is 5.13. The van der Waals surface area contributed by atoms with Crippen LogP contribution < -0.4 is 0 Å². The van der Waals surface area contributed by atoms with Crippen LogP contribution in [0.1, 0.15) is 21.5 Å². The van der Waals surface area contributed by atoms with E-state index in [1.807, 2.05) is 30.3 Å². The number of fused-ring (bicyclic) bond motifs is 1. The van der Waals surface area contributed by atoms with Gasteiger partial charge in [0.2, 0.25) is 0 Å². The maximum atomic E-state index is 12.6. The van der Waals surface area contributed by atoms with Crippen molar-refractivity contribution >= 4 is 11.9 Å². The van der Waals surface area contributed by atoms with Gasteiger partial charge in [-0.15, -0.1) is 0 Å². The SMILES string of the molecule is O=C(O)[C@H]1Cc2ccccc2CN1C(=O)c1ccccc1. The van der Waals surface area contributed by atoms with Gasteiger partial charge >= 0.3 is 5.97 Å². The average Bonchev–Trinajstić information content (AvgIpc) is 2.53. The van der Waals surface area contributed by atoms with Gasteiger partial charge in [-0.2, -0.15) is 0 Å². The highest BCUT2D eigenvalue weighted by Gasteiger charge is 2.34. The van der Waals surface area contributed by atoms with Gasteiger partial charge in [-0.05, 0) is 23.3 Å². The smallest absolute Gasteiger partial charge is 0.326 e. The Morgan fingerprint density at radius 1 is 0.952 bits per heavy atom. The van der Waals surface area contributed by atoms with E-state index in [4.69, 9.17) is 0 Å². The fourth-order valence-electron chi connectivity index (χ4n) is 2.70. The monoisotopic (exact) mass is 281 g/mol. The van der Waals surface area contributed by atoms with Gasteiger partial charge in [-0.3, -0.25) is 4.79 Å². The van der Waals surface area contributed by atoms with Crippen molar-refractivity contribution < 1.29 is 14.7 Å². The number of amides is 1. The average molecular weight is 281 g/mol. The Morgan fingerprint density at radius 3 is 2.24 bits per heavy atom. The Hall–Kier alpha value is -2.62.